The Morgan fingerprint density at radius 3 is 2.00 bits per heavy atom. The summed E-state index contributed by atoms with van der Waals surface area (Å²) in [6.45, 7) is 1.09. The van der Waals surface area contributed by atoms with Gasteiger partial charge in [0.05, 0.1) is 13.6 Å². The molecule has 0 atom stereocenters. The molecular weight excluding hydrogens is 420 g/mol. The zero-order chi connectivity index (χ0) is 16.9. The molecule has 0 N–H and O–H groups in total. The Hall–Kier alpha value is -1.17. The first-order chi connectivity index (χ1) is 9.79. The van der Waals surface area contributed by atoms with Crippen molar-refractivity contribution in [2.45, 2.75) is 19.4 Å². The minimum absolute atomic E-state index is 1.09. The van der Waals surface area contributed by atoms with Crippen LogP contribution in [0.3, 0.4) is 0 Å². The van der Waals surface area contributed by atoms with Crippen LogP contribution < -0.4 is 4.57 Å². The molecule has 0 saturated carbocycles. The molecule has 2 nitrogen and oxygen atoms in total. The van der Waals surface area contributed by atoms with E-state index in [0.717, 1.165) is 13.0 Å². The van der Waals surface area contributed by atoms with Crippen LogP contribution in [0.2, 0.25) is 0 Å². The van der Waals surface area contributed by atoms with Crippen LogP contribution in [-0.2, 0) is 20.0 Å². The monoisotopic (exact) mass is 436 g/mol. The van der Waals surface area contributed by atoms with Crippen molar-refractivity contribution in [3.63, 3.8) is 0 Å². The summed E-state index contributed by atoms with van der Waals surface area (Å²) in [7, 11) is 2.05. The van der Waals surface area contributed by atoms with Gasteiger partial charge in [0.2, 0.25) is 6.33 Å². The normalized spacial score (nSPS) is 14.5. The predicted octanol–water partition coefficient (Wildman–Crippen LogP) is 4.09. The van der Waals surface area contributed by atoms with Gasteiger partial charge in [0.25, 0.3) is 0 Å². The van der Waals surface area contributed by atoms with Gasteiger partial charge in [-0.05, 0) is 18.4 Å². The van der Waals surface area contributed by atoms with E-state index in [1.165, 1.54) is 12.0 Å². The van der Waals surface area contributed by atoms with Crippen molar-refractivity contribution in [1.82, 2.24) is 4.57 Å². The molecule has 2 rings (SSSR count). The average Bonchev–Trinajstić information content (AvgIpc) is 2.72. The van der Waals surface area contributed by atoms with Crippen molar-refractivity contribution in [2.24, 2.45) is 7.05 Å². The van der Waals surface area contributed by atoms with Crippen molar-refractivity contribution < 1.29 is 21.4 Å². The summed E-state index contributed by atoms with van der Waals surface area (Å²) >= 11 is -11.2. The zero-order valence-corrected chi connectivity index (χ0v) is 14.4. The van der Waals surface area contributed by atoms with E-state index in [0.29, 0.717) is 0 Å². The van der Waals surface area contributed by atoms with E-state index >= 15 is 0 Å². The third kappa shape index (κ3) is 12.6. The van der Waals surface area contributed by atoms with Crippen molar-refractivity contribution in [3.8, 4) is 0 Å². The second kappa shape index (κ2) is 6.14. The Balaban J connectivity index is 0.000000295. The van der Waals surface area contributed by atoms with Crippen molar-refractivity contribution in [3.05, 3.63) is 54.6 Å². The van der Waals surface area contributed by atoms with Gasteiger partial charge in [-0.2, -0.15) is 0 Å². The minimum atomic E-state index is -11.2. The molecule has 0 amide bonds. The van der Waals surface area contributed by atoms with Crippen molar-refractivity contribution in [2.75, 3.05) is 0 Å². The summed E-state index contributed by atoms with van der Waals surface area (Å²) in [5.74, 6) is 0. The van der Waals surface area contributed by atoms with Gasteiger partial charge < -0.3 is 0 Å². The molecule has 0 radical (unpaired) electrons. The number of benzene rings is 1. The molecule has 2 aromatic rings. The third-order valence-electron chi connectivity index (χ3n) is 2.55. The van der Waals surface area contributed by atoms with Crippen LogP contribution in [0.4, 0.5) is 16.9 Å². The van der Waals surface area contributed by atoms with Gasteiger partial charge in [0.1, 0.15) is 12.4 Å². The standard InChI is InChI=1S/C13H17N2.6FH.Sb/c1-14-10-11-15(12-14)9-5-8-13-6-3-2-4-7-13;;;;;;;/h2-4,6-7,10-12H,5,8-9H2,1H3;6*1H;/q+1;;;;;;;+5/p-6. The molecule has 0 aliphatic rings. The first kappa shape index (κ1) is 18.9. The van der Waals surface area contributed by atoms with E-state index < -0.39 is 19.5 Å². The van der Waals surface area contributed by atoms with E-state index in [2.05, 4.69) is 58.2 Å². The van der Waals surface area contributed by atoms with Crippen LogP contribution in [-0.4, -0.2) is 24.0 Å². The maximum absolute atomic E-state index is 11.2. The Morgan fingerprint density at radius 1 is 1.00 bits per heavy atom. The summed E-state index contributed by atoms with van der Waals surface area (Å²) in [6, 6.07) is 10.6. The molecule has 22 heavy (non-hydrogen) atoms. The van der Waals surface area contributed by atoms with Crippen molar-refractivity contribution in [1.29, 1.82) is 0 Å². The summed E-state index contributed by atoms with van der Waals surface area (Å²) in [4.78, 5) is 0. The fourth-order valence-electron chi connectivity index (χ4n) is 1.74. The molecule has 1 aromatic carbocycles. The zero-order valence-electron chi connectivity index (χ0n) is 11.8. The Morgan fingerprint density at radius 2 is 1.55 bits per heavy atom. The average molecular weight is 437 g/mol. The molecule has 0 unspecified atom stereocenters. The number of aromatic nitrogens is 2. The van der Waals surface area contributed by atoms with Gasteiger partial charge in [-0.1, -0.05) is 30.3 Å². The van der Waals surface area contributed by atoms with E-state index in [1.807, 2.05) is 7.05 Å². The van der Waals surface area contributed by atoms with Gasteiger partial charge in [0.15, 0.2) is 0 Å². The second-order valence-corrected chi connectivity index (χ2v) is 10.3. The first-order valence-corrected chi connectivity index (χ1v) is 12.2. The molecular formula is C13H17F6N2Sb. The van der Waals surface area contributed by atoms with Crippen LogP contribution in [0.15, 0.2) is 49.1 Å². The molecule has 0 fully saturated rings. The number of hydrogen-bond acceptors (Lipinski definition) is 0. The van der Waals surface area contributed by atoms with E-state index in [4.69, 9.17) is 0 Å². The summed E-state index contributed by atoms with van der Waals surface area (Å²) in [6.07, 6.45) is 8.65. The summed E-state index contributed by atoms with van der Waals surface area (Å²) in [5, 5.41) is 0. The van der Waals surface area contributed by atoms with Crippen LogP contribution in [0, 0.1) is 0 Å². The molecule has 1 heterocycles. The Bertz CT molecular complexity index is 580. The van der Waals surface area contributed by atoms with Gasteiger partial charge >= 0.3 is 36.4 Å². The molecule has 0 saturated heterocycles. The summed E-state index contributed by atoms with van der Waals surface area (Å²) < 4.78 is 63.8. The van der Waals surface area contributed by atoms with Crippen LogP contribution in [0.5, 0.6) is 0 Å². The Labute approximate surface area is 126 Å². The van der Waals surface area contributed by atoms with Crippen molar-refractivity contribution >= 4 is 19.5 Å². The fourth-order valence-corrected chi connectivity index (χ4v) is 1.74. The van der Waals surface area contributed by atoms with Crippen LogP contribution >= 0.6 is 0 Å². The first-order valence-electron chi connectivity index (χ1n) is 6.41. The maximum atomic E-state index is 9.93. The molecule has 126 valence electrons. The fraction of sp³-hybridized carbons (Fsp3) is 0.308. The number of imidazole rings is 1. The molecule has 0 aliphatic heterocycles. The quantitative estimate of drug-likeness (QED) is 0.388. The van der Waals surface area contributed by atoms with E-state index in [1.54, 1.807) is 0 Å². The number of rotatable bonds is 4. The SMILES string of the molecule is C[n+]1ccn(CCCc2ccccc2)c1.[F][Sb-]([F])([F])([F])([F])[F]. The molecule has 0 spiro atoms. The topological polar surface area (TPSA) is 8.81 Å². The van der Waals surface area contributed by atoms with Gasteiger partial charge in [0, 0.05) is 0 Å². The van der Waals surface area contributed by atoms with Crippen LogP contribution in [0.25, 0.3) is 0 Å². The molecule has 0 bridgehead atoms. The Kier molecular flexibility index (Phi) is 5.27. The number of hydrogen-bond donors (Lipinski definition) is 0. The van der Waals surface area contributed by atoms with E-state index in [9.17, 15) is 16.9 Å². The van der Waals surface area contributed by atoms with Gasteiger partial charge in [-0.15, -0.1) is 0 Å². The number of aryl methyl sites for hydroxylation is 3. The number of nitrogens with zero attached hydrogens (tertiary/aromatic N) is 2. The molecule has 0 aliphatic carbocycles. The predicted molar refractivity (Wildman–Crippen MR) is 72.8 cm³/mol. The van der Waals surface area contributed by atoms with E-state index in [-0.39, 0.29) is 0 Å². The van der Waals surface area contributed by atoms with Crippen LogP contribution in [0.1, 0.15) is 12.0 Å². The molecule has 1 aromatic heterocycles. The number of halogens is 6. The van der Waals surface area contributed by atoms with Gasteiger partial charge in [-0.3, -0.25) is 0 Å². The summed E-state index contributed by atoms with van der Waals surface area (Å²) in [5.41, 5.74) is 1.43. The molecule has 9 heteroatoms. The van der Waals surface area contributed by atoms with Gasteiger partial charge in [-0.25, -0.2) is 9.13 Å². The second-order valence-electron chi connectivity index (χ2n) is 4.86. The third-order valence-corrected chi connectivity index (χ3v) is 2.55.